The monoisotopic (exact) mass is 297 g/mol. The highest BCUT2D eigenvalue weighted by atomic mass is 16.4. The molecule has 2 atom stereocenters. The van der Waals surface area contributed by atoms with Gasteiger partial charge in [-0.2, -0.15) is 0 Å². The highest BCUT2D eigenvalue weighted by Crippen LogP contribution is 2.36. The minimum atomic E-state index is -0.835. The second-order valence-corrected chi connectivity index (χ2v) is 6.70. The number of rotatable bonds is 4. The van der Waals surface area contributed by atoms with Crippen LogP contribution in [0, 0.1) is 5.41 Å². The normalized spacial score (nSPS) is 31.8. The van der Waals surface area contributed by atoms with Crippen molar-refractivity contribution in [2.45, 2.75) is 57.5 Å². The molecule has 1 aliphatic carbocycles. The number of likely N-dealkylation sites (tertiary alicyclic amines) is 1. The Kier molecular flexibility index (Phi) is 5.22. The van der Waals surface area contributed by atoms with Gasteiger partial charge >= 0.3 is 5.97 Å². The molecule has 1 aliphatic heterocycles. The summed E-state index contributed by atoms with van der Waals surface area (Å²) in [6.07, 6.45) is 5.12. The molecule has 21 heavy (non-hydrogen) atoms. The van der Waals surface area contributed by atoms with Crippen molar-refractivity contribution in [3.8, 4) is 0 Å². The SMILES string of the molecule is CC1(C(=O)O)CCCCC1NC(=O)CN1CCC(N)CC1. The maximum atomic E-state index is 12.2. The van der Waals surface area contributed by atoms with Gasteiger partial charge in [0, 0.05) is 25.2 Å². The Morgan fingerprint density at radius 1 is 1.29 bits per heavy atom. The molecule has 4 N–H and O–H groups in total. The van der Waals surface area contributed by atoms with Crippen molar-refractivity contribution in [1.82, 2.24) is 10.2 Å². The number of amides is 1. The number of carboxylic acids is 1. The third kappa shape index (κ3) is 3.95. The van der Waals surface area contributed by atoms with Crippen LogP contribution < -0.4 is 11.1 Å². The van der Waals surface area contributed by atoms with Crippen LogP contribution in [0.3, 0.4) is 0 Å². The number of nitrogens with one attached hydrogen (secondary N) is 1. The van der Waals surface area contributed by atoms with Crippen molar-refractivity contribution in [3.05, 3.63) is 0 Å². The fraction of sp³-hybridized carbons (Fsp3) is 0.867. The number of aliphatic carboxylic acids is 1. The molecule has 0 aromatic heterocycles. The van der Waals surface area contributed by atoms with Crippen LogP contribution in [-0.2, 0) is 9.59 Å². The quantitative estimate of drug-likeness (QED) is 0.704. The van der Waals surface area contributed by atoms with Crippen molar-refractivity contribution >= 4 is 11.9 Å². The number of nitrogens with zero attached hydrogens (tertiary/aromatic N) is 1. The number of carbonyl (C=O) groups excluding carboxylic acids is 1. The first kappa shape index (κ1) is 16.2. The topological polar surface area (TPSA) is 95.7 Å². The standard InChI is InChI=1S/C15H27N3O3/c1-15(14(20)21)7-3-2-4-12(15)17-13(19)10-18-8-5-11(16)6-9-18/h11-12H,2-10,16H2,1H3,(H,17,19)(H,20,21). The van der Waals surface area contributed by atoms with Crippen molar-refractivity contribution in [1.29, 1.82) is 0 Å². The van der Waals surface area contributed by atoms with Crippen LogP contribution in [0.25, 0.3) is 0 Å². The third-order valence-corrected chi connectivity index (χ3v) is 5.03. The van der Waals surface area contributed by atoms with Gasteiger partial charge in [-0.25, -0.2) is 0 Å². The van der Waals surface area contributed by atoms with Crippen LogP contribution in [-0.4, -0.2) is 53.6 Å². The van der Waals surface area contributed by atoms with Crippen molar-refractivity contribution in [2.24, 2.45) is 11.1 Å². The highest BCUT2D eigenvalue weighted by molar-refractivity contribution is 5.81. The zero-order chi connectivity index (χ0) is 15.5. The lowest BCUT2D eigenvalue weighted by Crippen LogP contribution is -2.54. The lowest BCUT2D eigenvalue weighted by molar-refractivity contribution is -0.152. The zero-order valence-corrected chi connectivity index (χ0v) is 12.8. The van der Waals surface area contributed by atoms with Gasteiger partial charge in [-0.15, -0.1) is 0 Å². The minimum absolute atomic E-state index is 0.0650. The molecule has 6 heteroatoms. The van der Waals surface area contributed by atoms with E-state index in [-0.39, 0.29) is 18.0 Å². The summed E-state index contributed by atoms with van der Waals surface area (Å²) in [4.78, 5) is 25.8. The van der Waals surface area contributed by atoms with Gasteiger partial charge in [0.25, 0.3) is 0 Å². The molecule has 2 aliphatic rings. The number of nitrogens with two attached hydrogens (primary N) is 1. The highest BCUT2D eigenvalue weighted by Gasteiger charge is 2.43. The second-order valence-electron chi connectivity index (χ2n) is 6.70. The molecule has 1 amide bonds. The van der Waals surface area contributed by atoms with Gasteiger partial charge in [0.1, 0.15) is 0 Å². The van der Waals surface area contributed by atoms with E-state index in [2.05, 4.69) is 10.2 Å². The van der Waals surface area contributed by atoms with Gasteiger partial charge in [0.2, 0.25) is 5.91 Å². The van der Waals surface area contributed by atoms with E-state index >= 15 is 0 Å². The first-order chi connectivity index (χ1) is 9.91. The van der Waals surface area contributed by atoms with Crippen molar-refractivity contribution in [2.75, 3.05) is 19.6 Å². The van der Waals surface area contributed by atoms with E-state index in [9.17, 15) is 14.7 Å². The molecule has 120 valence electrons. The summed E-state index contributed by atoms with van der Waals surface area (Å²) in [6.45, 7) is 3.78. The lowest BCUT2D eigenvalue weighted by Gasteiger charge is -2.39. The van der Waals surface area contributed by atoms with E-state index in [1.807, 2.05) is 0 Å². The Balaban J connectivity index is 1.87. The third-order valence-electron chi connectivity index (χ3n) is 5.03. The molecule has 0 spiro atoms. The van der Waals surface area contributed by atoms with Crippen LogP contribution in [0.4, 0.5) is 0 Å². The van der Waals surface area contributed by atoms with Gasteiger partial charge in [-0.3, -0.25) is 14.5 Å². The second kappa shape index (κ2) is 6.75. The Bertz CT molecular complexity index is 394. The summed E-state index contributed by atoms with van der Waals surface area (Å²) in [6, 6.07) is -0.0127. The Morgan fingerprint density at radius 2 is 1.95 bits per heavy atom. The number of hydrogen-bond donors (Lipinski definition) is 3. The van der Waals surface area contributed by atoms with E-state index in [1.165, 1.54) is 0 Å². The number of carbonyl (C=O) groups is 2. The fourth-order valence-electron chi connectivity index (χ4n) is 3.38. The van der Waals surface area contributed by atoms with E-state index in [0.717, 1.165) is 45.2 Å². The van der Waals surface area contributed by atoms with Gasteiger partial charge in [-0.05, 0) is 32.6 Å². The number of carboxylic acid groups (broad SMARTS) is 1. The van der Waals surface area contributed by atoms with Crippen LogP contribution in [0.2, 0.25) is 0 Å². The lowest BCUT2D eigenvalue weighted by atomic mass is 9.71. The first-order valence-electron chi connectivity index (χ1n) is 7.92. The molecular weight excluding hydrogens is 270 g/mol. The van der Waals surface area contributed by atoms with Crippen LogP contribution in [0.15, 0.2) is 0 Å². The number of piperidine rings is 1. The Morgan fingerprint density at radius 3 is 2.57 bits per heavy atom. The molecule has 0 bridgehead atoms. The largest absolute Gasteiger partial charge is 0.481 e. The predicted octanol–water partition coefficient (Wildman–Crippen LogP) is 0.559. The van der Waals surface area contributed by atoms with Crippen LogP contribution >= 0.6 is 0 Å². The van der Waals surface area contributed by atoms with Gasteiger partial charge in [0.15, 0.2) is 0 Å². The van der Waals surface area contributed by atoms with Crippen LogP contribution in [0.5, 0.6) is 0 Å². The molecular formula is C15H27N3O3. The molecule has 0 aromatic carbocycles. The van der Waals surface area contributed by atoms with Gasteiger partial charge < -0.3 is 16.2 Å². The van der Waals surface area contributed by atoms with E-state index in [0.29, 0.717) is 13.0 Å². The molecule has 2 unspecified atom stereocenters. The average molecular weight is 297 g/mol. The summed E-state index contributed by atoms with van der Waals surface area (Å²) >= 11 is 0. The fourth-order valence-corrected chi connectivity index (χ4v) is 3.38. The maximum Gasteiger partial charge on any atom is 0.311 e. The summed E-state index contributed by atoms with van der Waals surface area (Å²) < 4.78 is 0. The van der Waals surface area contributed by atoms with E-state index in [4.69, 9.17) is 5.73 Å². The van der Waals surface area contributed by atoms with Gasteiger partial charge in [0.05, 0.1) is 12.0 Å². The molecule has 6 nitrogen and oxygen atoms in total. The van der Waals surface area contributed by atoms with Crippen molar-refractivity contribution in [3.63, 3.8) is 0 Å². The van der Waals surface area contributed by atoms with Gasteiger partial charge in [-0.1, -0.05) is 12.8 Å². The maximum absolute atomic E-state index is 12.2. The molecule has 0 radical (unpaired) electrons. The molecule has 1 saturated carbocycles. The zero-order valence-electron chi connectivity index (χ0n) is 12.8. The summed E-state index contributed by atoms with van der Waals surface area (Å²) in [5, 5.41) is 12.4. The summed E-state index contributed by atoms with van der Waals surface area (Å²) in [5.41, 5.74) is 5.02. The summed E-state index contributed by atoms with van der Waals surface area (Å²) in [7, 11) is 0. The minimum Gasteiger partial charge on any atom is -0.481 e. The first-order valence-corrected chi connectivity index (χ1v) is 7.92. The van der Waals surface area contributed by atoms with Crippen LogP contribution in [0.1, 0.15) is 45.4 Å². The Labute approximate surface area is 126 Å². The average Bonchev–Trinajstić information content (AvgIpc) is 2.44. The Hall–Kier alpha value is -1.14. The van der Waals surface area contributed by atoms with E-state index < -0.39 is 11.4 Å². The summed E-state index contributed by atoms with van der Waals surface area (Å²) in [5.74, 6) is -0.874. The predicted molar refractivity (Wildman–Crippen MR) is 79.8 cm³/mol. The molecule has 1 saturated heterocycles. The number of hydrogen-bond acceptors (Lipinski definition) is 4. The molecule has 1 heterocycles. The molecule has 0 aromatic rings. The molecule has 2 fully saturated rings. The van der Waals surface area contributed by atoms with Crippen molar-refractivity contribution < 1.29 is 14.7 Å². The smallest absolute Gasteiger partial charge is 0.311 e. The molecule has 2 rings (SSSR count). The van der Waals surface area contributed by atoms with E-state index in [1.54, 1.807) is 6.92 Å².